The van der Waals surface area contributed by atoms with Crippen molar-refractivity contribution in [3.8, 4) is 5.88 Å². The Morgan fingerprint density at radius 2 is 1.87 bits per heavy atom. The smallest absolute Gasteiger partial charge is 0.272 e. The molecule has 0 saturated carbocycles. The molecule has 0 spiro atoms. The van der Waals surface area contributed by atoms with Crippen LogP contribution in [0.1, 0.15) is 55.5 Å². The molecule has 0 radical (unpaired) electrons. The van der Waals surface area contributed by atoms with E-state index in [0.717, 1.165) is 55.0 Å². The second-order valence-corrected chi connectivity index (χ2v) is 10.9. The number of hydrogen-bond acceptors (Lipinski definition) is 8. The standard InChI is InChI=1S/C25H28F2N4O3S.C2H4O2/c1-3-21-13-29-24(14-28-21)31-35(32,33)22-8-6-17-4-5-18(10-20(17)11-22)16(2)19-7-9-25(30-12-19)34-15-23(26)27;1-2(3)4/h6-9,11-14,16,18,23H,3-5,10,15H2,1-2H3,(H,29,31);1H3,(H,3,4)/p-1/t16-,18?;/m0./s1. The average molecular weight is 562 g/mol. The Labute approximate surface area is 226 Å². The number of anilines is 1. The number of alkyl halides is 2. The van der Waals surface area contributed by atoms with Crippen LogP contribution >= 0.6 is 0 Å². The number of sulfonamides is 1. The molecule has 12 heteroatoms. The van der Waals surface area contributed by atoms with Gasteiger partial charge in [0.15, 0.2) is 12.4 Å². The van der Waals surface area contributed by atoms with Gasteiger partial charge in [-0.1, -0.05) is 26.0 Å². The quantitative estimate of drug-likeness (QED) is 0.419. The summed E-state index contributed by atoms with van der Waals surface area (Å²) in [5.41, 5.74) is 3.93. The summed E-state index contributed by atoms with van der Waals surface area (Å²) in [4.78, 5) is 21.6. The highest BCUT2D eigenvalue weighted by Crippen LogP contribution is 2.36. The van der Waals surface area contributed by atoms with Crippen LogP contribution in [0.5, 0.6) is 5.88 Å². The summed E-state index contributed by atoms with van der Waals surface area (Å²) in [5.74, 6) is -0.285. The third kappa shape index (κ3) is 8.67. The molecule has 1 N–H and O–H groups in total. The number of carboxylic acids is 1. The summed E-state index contributed by atoms with van der Waals surface area (Å²) in [6.45, 7) is 4.34. The van der Waals surface area contributed by atoms with Crippen molar-refractivity contribution in [2.45, 2.75) is 63.7 Å². The van der Waals surface area contributed by atoms with Crippen molar-refractivity contribution in [3.63, 3.8) is 0 Å². The Morgan fingerprint density at radius 3 is 2.46 bits per heavy atom. The average Bonchev–Trinajstić information content (AvgIpc) is 2.91. The van der Waals surface area contributed by atoms with Crippen LogP contribution in [0.4, 0.5) is 14.6 Å². The van der Waals surface area contributed by atoms with Gasteiger partial charge in [0.2, 0.25) is 5.88 Å². The van der Waals surface area contributed by atoms with Crippen molar-refractivity contribution in [2.75, 3.05) is 11.3 Å². The normalized spacial score (nSPS) is 15.5. The van der Waals surface area contributed by atoms with Gasteiger partial charge < -0.3 is 14.6 Å². The van der Waals surface area contributed by atoms with Gasteiger partial charge in [0.05, 0.1) is 23.0 Å². The molecule has 210 valence electrons. The number of nitrogens with zero attached hydrogens (tertiary/aromatic N) is 3. The fourth-order valence-electron chi connectivity index (χ4n) is 4.31. The Balaban J connectivity index is 0.000000983. The minimum absolute atomic E-state index is 0.158. The molecular weight excluding hydrogens is 530 g/mol. The number of rotatable bonds is 9. The molecule has 1 aliphatic carbocycles. The lowest BCUT2D eigenvalue weighted by atomic mass is 9.75. The van der Waals surface area contributed by atoms with E-state index in [9.17, 15) is 17.2 Å². The number of fused-ring (bicyclic) bond motifs is 1. The molecule has 2 heterocycles. The number of carbonyl (C=O) groups excluding carboxylic acids is 1. The first-order valence-corrected chi connectivity index (χ1v) is 14.0. The number of nitrogens with one attached hydrogen (secondary N) is 1. The highest BCUT2D eigenvalue weighted by atomic mass is 32.2. The number of benzene rings is 1. The van der Waals surface area contributed by atoms with Crippen LogP contribution in [0.3, 0.4) is 0 Å². The Morgan fingerprint density at radius 1 is 1.13 bits per heavy atom. The molecule has 9 nitrogen and oxygen atoms in total. The van der Waals surface area contributed by atoms with Gasteiger partial charge in [-0.05, 0) is 73.3 Å². The predicted molar refractivity (Wildman–Crippen MR) is 139 cm³/mol. The maximum atomic E-state index is 13.0. The van der Waals surface area contributed by atoms with Gasteiger partial charge in [-0.25, -0.2) is 27.2 Å². The van der Waals surface area contributed by atoms with E-state index in [1.807, 2.05) is 19.1 Å². The van der Waals surface area contributed by atoms with E-state index in [4.69, 9.17) is 14.6 Å². The first kappa shape index (κ1) is 29.9. The summed E-state index contributed by atoms with van der Waals surface area (Å²) in [6, 6.07) is 8.71. The fraction of sp³-hybridized carbons (Fsp3) is 0.407. The van der Waals surface area contributed by atoms with E-state index in [0.29, 0.717) is 0 Å². The van der Waals surface area contributed by atoms with Crippen LogP contribution < -0.4 is 14.6 Å². The molecule has 3 aromatic rings. The van der Waals surface area contributed by atoms with Gasteiger partial charge in [0.25, 0.3) is 16.4 Å². The second kappa shape index (κ2) is 13.4. The lowest BCUT2D eigenvalue weighted by Gasteiger charge is -2.30. The number of halogens is 2. The predicted octanol–water partition coefficient (Wildman–Crippen LogP) is 3.54. The molecule has 0 amide bonds. The van der Waals surface area contributed by atoms with Gasteiger partial charge in [-0.15, -0.1) is 0 Å². The summed E-state index contributed by atoms with van der Waals surface area (Å²) in [5, 5.41) is 8.89. The Bertz CT molecular complexity index is 1350. The van der Waals surface area contributed by atoms with Gasteiger partial charge in [-0.2, -0.15) is 0 Å². The first-order valence-electron chi connectivity index (χ1n) is 12.5. The minimum atomic E-state index is -3.80. The number of ether oxygens (including phenoxy) is 1. The summed E-state index contributed by atoms with van der Waals surface area (Å²) < 4.78 is 58.0. The molecule has 1 aliphatic rings. The highest BCUT2D eigenvalue weighted by molar-refractivity contribution is 7.92. The zero-order valence-corrected chi connectivity index (χ0v) is 22.7. The summed E-state index contributed by atoms with van der Waals surface area (Å²) >= 11 is 0. The molecule has 0 fully saturated rings. The molecule has 0 aliphatic heterocycles. The monoisotopic (exact) mass is 561 g/mol. The molecule has 4 rings (SSSR count). The van der Waals surface area contributed by atoms with Crippen molar-refractivity contribution in [3.05, 3.63) is 71.3 Å². The molecule has 2 atom stereocenters. The lowest BCUT2D eigenvalue weighted by Crippen LogP contribution is -2.21. The van der Waals surface area contributed by atoms with E-state index in [-0.39, 0.29) is 28.4 Å². The van der Waals surface area contributed by atoms with Gasteiger partial charge in [0, 0.05) is 18.2 Å². The zero-order valence-electron chi connectivity index (χ0n) is 21.9. The zero-order chi connectivity index (χ0) is 28.6. The molecule has 0 saturated heterocycles. The molecule has 1 unspecified atom stereocenters. The second-order valence-electron chi connectivity index (χ2n) is 9.20. The van der Waals surface area contributed by atoms with Crippen LogP contribution in [0.2, 0.25) is 0 Å². The number of aromatic nitrogens is 3. The minimum Gasteiger partial charge on any atom is -0.550 e. The number of pyridine rings is 1. The van der Waals surface area contributed by atoms with Crippen LogP contribution in [-0.4, -0.2) is 42.4 Å². The van der Waals surface area contributed by atoms with Crippen molar-refractivity contribution in [2.24, 2.45) is 5.92 Å². The number of aryl methyl sites for hydroxylation is 2. The Hall–Kier alpha value is -3.67. The van der Waals surface area contributed by atoms with Crippen LogP contribution in [0.15, 0.2) is 53.8 Å². The lowest BCUT2D eigenvalue weighted by molar-refractivity contribution is -0.302. The maximum Gasteiger partial charge on any atom is 0.272 e. The maximum absolute atomic E-state index is 13.0. The van der Waals surface area contributed by atoms with Crippen LogP contribution in [0.25, 0.3) is 0 Å². The number of aliphatic carboxylic acids is 1. The number of carbonyl (C=O) groups is 1. The van der Waals surface area contributed by atoms with E-state index >= 15 is 0 Å². The molecule has 1 aromatic carbocycles. The van der Waals surface area contributed by atoms with Crippen molar-refractivity contribution < 1.29 is 31.8 Å². The van der Waals surface area contributed by atoms with Crippen LogP contribution in [-0.2, 0) is 34.1 Å². The van der Waals surface area contributed by atoms with Crippen LogP contribution in [0, 0.1) is 5.92 Å². The molecule has 0 bridgehead atoms. The number of carboxylic acid groups (broad SMARTS) is 1. The van der Waals surface area contributed by atoms with Crippen molar-refractivity contribution in [1.29, 1.82) is 0 Å². The third-order valence-electron chi connectivity index (χ3n) is 6.41. The van der Waals surface area contributed by atoms with E-state index in [1.165, 1.54) is 6.20 Å². The largest absolute Gasteiger partial charge is 0.550 e. The summed E-state index contributed by atoms with van der Waals surface area (Å²) in [7, 11) is -3.80. The first-order chi connectivity index (χ1) is 18.5. The summed E-state index contributed by atoms with van der Waals surface area (Å²) in [6.07, 6.45) is 5.36. The van der Waals surface area contributed by atoms with Gasteiger partial charge >= 0.3 is 0 Å². The van der Waals surface area contributed by atoms with Gasteiger partial charge in [0.1, 0.15) is 0 Å². The molecule has 39 heavy (non-hydrogen) atoms. The molecular formula is C27H31F2N4O5S-. The molecule has 2 aromatic heterocycles. The van der Waals surface area contributed by atoms with Crippen molar-refractivity contribution in [1.82, 2.24) is 15.0 Å². The topological polar surface area (TPSA) is 134 Å². The van der Waals surface area contributed by atoms with Crippen molar-refractivity contribution >= 4 is 21.8 Å². The Kier molecular flexibility index (Phi) is 10.3. The highest BCUT2D eigenvalue weighted by Gasteiger charge is 2.26. The van der Waals surface area contributed by atoms with E-state index < -0.39 is 29.0 Å². The number of hydrogen-bond donors (Lipinski definition) is 1. The van der Waals surface area contributed by atoms with Gasteiger partial charge in [-0.3, -0.25) is 9.71 Å². The van der Waals surface area contributed by atoms with E-state index in [1.54, 1.807) is 30.6 Å². The third-order valence-corrected chi connectivity index (χ3v) is 7.76. The SMILES string of the molecule is CC(=O)[O-].CCc1cnc(NS(=O)(=O)c2ccc3c(c2)CC([C@H](C)c2ccc(OCC(F)F)nc2)CC3)cn1. The fourth-order valence-corrected chi connectivity index (χ4v) is 5.35. The van der Waals surface area contributed by atoms with E-state index in [2.05, 4.69) is 26.6 Å².